The monoisotopic (exact) mass is 231 g/mol. The lowest BCUT2D eigenvalue weighted by Gasteiger charge is -2.32. The van der Waals surface area contributed by atoms with E-state index in [1.54, 1.807) is 6.26 Å². The normalized spacial score (nSPS) is 17.8. The molecule has 1 saturated heterocycles. The van der Waals surface area contributed by atoms with E-state index in [-0.39, 0.29) is 0 Å². The largest absolute Gasteiger partial charge is 0.464 e. The maximum Gasteiger partial charge on any atom is 0.139 e. The minimum absolute atomic E-state index is 0.648. The molecule has 0 spiro atoms. The predicted molar refractivity (Wildman–Crippen MR) is 68.3 cm³/mol. The van der Waals surface area contributed by atoms with Crippen molar-refractivity contribution in [2.75, 3.05) is 25.0 Å². The van der Waals surface area contributed by atoms with Gasteiger partial charge in [-0.05, 0) is 32.0 Å². The molecule has 0 unspecified atom stereocenters. The highest BCUT2D eigenvalue weighted by atomic mass is 16.3. The molecule has 0 saturated carbocycles. The summed E-state index contributed by atoms with van der Waals surface area (Å²) < 4.78 is 5.41. The van der Waals surface area contributed by atoms with E-state index in [1.807, 2.05) is 25.4 Å². The van der Waals surface area contributed by atoms with Gasteiger partial charge < -0.3 is 14.6 Å². The first-order valence-electron chi connectivity index (χ1n) is 6.13. The standard InChI is InChI=1S/C13H17N3O/c1-14-10-3-7-16(8-4-10)13-11-5-9-17-12(11)2-6-15-13/h2,5-6,9-10,14H,3-4,7-8H2,1H3. The van der Waals surface area contributed by atoms with Gasteiger partial charge >= 0.3 is 0 Å². The van der Waals surface area contributed by atoms with Crippen molar-refractivity contribution in [2.24, 2.45) is 0 Å². The van der Waals surface area contributed by atoms with Crippen LogP contribution in [0.2, 0.25) is 0 Å². The summed E-state index contributed by atoms with van der Waals surface area (Å²) in [4.78, 5) is 6.85. The second kappa shape index (κ2) is 4.37. The molecule has 0 aromatic carbocycles. The Balaban J connectivity index is 1.87. The average molecular weight is 231 g/mol. The summed E-state index contributed by atoms with van der Waals surface area (Å²) in [6.07, 6.45) is 5.90. The van der Waals surface area contributed by atoms with Crippen molar-refractivity contribution in [3.8, 4) is 0 Å². The molecule has 4 heteroatoms. The predicted octanol–water partition coefficient (Wildman–Crippen LogP) is 2.02. The quantitative estimate of drug-likeness (QED) is 0.858. The third kappa shape index (κ3) is 1.89. The van der Waals surface area contributed by atoms with E-state index in [2.05, 4.69) is 15.2 Å². The first-order chi connectivity index (χ1) is 8.38. The molecule has 2 aromatic heterocycles. The maximum absolute atomic E-state index is 5.41. The summed E-state index contributed by atoms with van der Waals surface area (Å²) in [5, 5.41) is 4.46. The van der Waals surface area contributed by atoms with Crippen LogP contribution in [0.3, 0.4) is 0 Å². The second-order valence-corrected chi connectivity index (χ2v) is 4.52. The molecule has 1 N–H and O–H groups in total. The van der Waals surface area contributed by atoms with Crippen LogP contribution in [0.5, 0.6) is 0 Å². The van der Waals surface area contributed by atoms with Crippen LogP contribution in [-0.4, -0.2) is 31.2 Å². The molecule has 1 aliphatic heterocycles. The highest BCUT2D eigenvalue weighted by Crippen LogP contribution is 2.27. The van der Waals surface area contributed by atoms with Crippen molar-refractivity contribution < 1.29 is 4.42 Å². The van der Waals surface area contributed by atoms with Crippen LogP contribution in [-0.2, 0) is 0 Å². The van der Waals surface area contributed by atoms with E-state index in [1.165, 1.54) is 12.8 Å². The van der Waals surface area contributed by atoms with Gasteiger partial charge in [0, 0.05) is 25.3 Å². The minimum atomic E-state index is 0.648. The molecule has 0 radical (unpaired) electrons. The Morgan fingerprint density at radius 3 is 2.94 bits per heavy atom. The SMILES string of the molecule is CNC1CCN(c2nccc3occc23)CC1. The first kappa shape index (κ1) is 10.6. The molecule has 0 amide bonds. The summed E-state index contributed by atoms with van der Waals surface area (Å²) in [6.45, 7) is 2.12. The Morgan fingerprint density at radius 1 is 1.35 bits per heavy atom. The van der Waals surface area contributed by atoms with Crippen LogP contribution >= 0.6 is 0 Å². The fourth-order valence-electron chi connectivity index (χ4n) is 2.51. The summed E-state index contributed by atoms with van der Waals surface area (Å²) in [7, 11) is 2.04. The van der Waals surface area contributed by atoms with Gasteiger partial charge in [0.05, 0.1) is 11.6 Å². The summed E-state index contributed by atoms with van der Waals surface area (Å²) in [6, 6.07) is 4.57. The van der Waals surface area contributed by atoms with Crippen LogP contribution in [0.4, 0.5) is 5.82 Å². The van der Waals surface area contributed by atoms with Crippen LogP contribution in [0.15, 0.2) is 29.0 Å². The second-order valence-electron chi connectivity index (χ2n) is 4.52. The molecule has 90 valence electrons. The molecule has 17 heavy (non-hydrogen) atoms. The van der Waals surface area contributed by atoms with Crippen LogP contribution < -0.4 is 10.2 Å². The number of nitrogens with one attached hydrogen (secondary N) is 1. The molecule has 0 atom stereocenters. The molecule has 3 heterocycles. The topological polar surface area (TPSA) is 41.3 Å². The number of furan rings is 1. The Kier molecular flexibility index (Phi) is 2.73. The van der Waals surface area contributed by atoms with Gasteiger partial charge in [-0.15, -0.1) is 0 Å². The van der Waals surface area contributed by atoms with Crippen LogP contribution in [0.25, 0.3) is 11.0 Å². The van der Waals surface area contributed by atoms with Crippen molar-refractivity contribution in [1.29, 1.82) is 0 Å². The third-order valence-electron chi connectivity index (χ3n) is 3.56. The number of hydrogen-bond acceptors (Lipinski definition) is 4. The number of piperidine rings is 1. The summed E-state index contributed by atoms with van der Waals surface area (Å²) in [5.74, 6) is 1.06. The van der Waals surface area contributed by atoms with Gasteiger partial charge in [-0.3, -0.25) is 0 Å². The van der Waals surface area contributed by atoms with Gasteiger partial charge in [0.2, 0.25) is 0 Å². The number of rotatable bonds is 2. The molecule has 2 aromatic rings. The average Bonchev–Trinajstić information content (AvgIpc) is 2.87. The number of hydrogen-bond donors (Lipinski definition) is 1. The van der Waals surface area contributed by atoms with Crippen molar-refractivity contribution in [3.63, 3.8) is 0 Å². The van der Waals surface area contributed by atoms with E-state index in [9.17, 15) is 0 Å². The zero-order chi connectivity index (χ0) is 11.7. The Labute approximate surface area is 101 Å². The molecule has 1 aliphatic rings. The number of pyridine rings is 1. The number of aromatic nitrogens is 1. The fraction of sp³-hybridized carbons (Fsp3) is 0.462. The zero-order valence-corrected chi connectivity index (χ0v) is 10.0. The molecular weight excluding hydrogens is 214 g/mol. The lowest BCUT2D eigenvalue weighted by atomic mass is 10.1. The Bertz CT molecular complexity index is 500. The number of anilines is 1. The van der Waals surface area contributed by atoms with E-state index in [4.69, 9.17) is 4.42 Å². The van der Waals surface area contributed by atoms with Gasteiger partial charge in [0.15, 0.2) is 0 Å². The van der Waals surface area contributed by atoms with E-state index < -0.39 is 0 Å². The number of fused-ring (bicyclic) bond motifs is 1. The lowest BCUT2D eigenvalue weighted by Crippen LogP contribution is -2.41. The smallest absolute Gasteiger partial charge is 0.139 e. The van der Waals surface area contributed by atoms with Gasteiger partial charge in [-0.2, -0.15) is 0 Å². The number of nitrogens with zero attached hydrogens (tertiary/aromatic N) is 2. The Hall–Kier alpha value is -1.55. The summed E-state index contributed by atoms with van der Waals surface area (Å²) >= 11 is 0. The first-order valence-corrected chi connectivity index (χ1v) is 6.13. The highest BCUT2D eigenvalue weighted by molar-refractivity contribution is 5.88. The third-order valence-corrected chi connectivity index (χ3v) is 3.56. The van der Waals surface area contributed by atoms with Crippen molar-refractivity contribution >= 4 is 16.8 Å². The van der Waals surface area contributed by atoms with Crippen LogP contribution in [0, 0.1) is 0 Å². The molecular formula is C13H17N3O. The van der Waals surface area contributed by atoms with Crippen molar-refractivity contribution in [1.82, 2.24) is 10.3 Å². The fourth-order valence-corrected chi connectivity index (χ4v) is 2.51. The van der Waals surface area contributed by atoms with Crippen molar-refractivity contribution in [2.45, 2.75) is 18.9 Å². The summed E-state index contributed by atoms with van der Waals surface area (Å²) in [5.41, 5.74) is 0.922. The molecule has 0 bridgehead atoms. The molecule has 0 aliphatic carbocycles. The van der Waals surface area contributed by atoms with Gasteiger partial charge in [0.25, 0.3) is 0 Å². The minimum Gasteiger partial charge on any atom is -0.464 e. The Morgan fingerprint density at radius 2 is 2.18 bits per heavy atom. The molecule has 3 rings (SSSR count). The van der Waals surface area contributed by atoms with E-state index >= 15 is 0 Å². The van der Waals surface area contributed by atoms with Gasteiger partial charge in [-0.25, -0.2) is 4.98 Å². The zero-order valence-electron chi connectivity index (χ0n) is 10.0. The van der Waals surface area contributed by atoms with E-state index in [0.717, 1.165) is 29.9 Å². The van der Waals surface area contributed by atoms with Gasteiger partial charge in [0.1, 0.15) is 11.4 Å². The maximum atomic E-state index is 5.41. The van der Waals surface area contributed by atoms with Crippen molar-refractivity contribution in [3.05, 3.63) is 24.6 Å². The molecule has 4 nitrogen and oxygen atoms in total. The highest BCUT2D eigenvalue weighted by Gasteiger charge is 2.20. The molecule has 1 fully saturated rings. The van der Waals surface area contributed by atoms with Gasteiger partial charge in [-0.1, -0.05) is 0 Å². The van der Waals surface area contributed by atoms with E-state index in [0.29, 0.717) is 6.04 Å². The van der Waals surface area contributed by atoms with Crippen LogP contribution in [0.1, 0.15) is 12.8 Å². The lowest BCUT2D eigenvalue weighted by molar-refractivity contribution is 0.441.